The Kier molecular flexibility index (Phi) is 4.88. The molecule has 1 aromatic carbocycles. The second kappa shape index (κ2) is 6.47. The van der Waals surface area contributed by atoms with Gasteiger partial charge in [0.2, 0.25) is 0 Å². The molecule has 5 nitrogen and oxygen atoms in total. The third kappa shape index (κ3) is 4.46. The lowest BCUT2D eigenvalue weighted by atomic mass is 9.86. The largest absolute Gasteiger partial charge is 0.335 e. The molecule has 1 saturated carbocycles. The Balaban J connectivity index is 1.93. The number of hydrogen-bond donors (Lipinski definition) is 2. The molecular weight excluding hydrogens is 288 g/mol. The van der Waals surface area contributed by atoms with Crippen molar-refractivity contribution in [2.24, 2.45) is 5.92 Å². The zero-order valence-electron chi connectivity index (χ0n) is 12.4. The van der Waals surface area contributed by atoms with E-state index in [1.807, 2.05) is 0 Å². The summed E-state index contributed by atoms with van der Waals surface area (Å²) in [5.41, 5.74) is 0.586. The number of urea groups is 1. The average Bonchev–Trinajstić information content (AvgIpc) is 2.41. The van der Waals surface area contributed by atoms with E-state index in [2.05, 4.69) is 17.6 Å². The van der Waals surface area contributed by atoms with Crippen molar-refractivity contribution in [2.45, 2.75) is 43.5 Å². The highest BCUT2D eigenvalue weighted by atomic mass is 32.2. The molecule has 0 spiro atoms. The first-order chi connectivity index (χ1) is 9.86. The molecular formula is C15H22N2O3S. The van der Waals surface area contributed by atoms with Gasteiger partial charge in [0.05, 0.1) is 4.90 Å². The van der Waals surface area contributed by atoms with Gasteiger partial charge in [0.25, 0.3) is 0 Å². The molecule has 0 radical (unpaired) electrons. The van der Waals surface area contributed by atoms with E-state index in [1.54, 1.807) is 12.1 Å². The van der Waals surface area contributed by atoms with E-state index in [0.29, 0.717) is 11.6 Å². The summed E-state index contributed by atoms with van der Waals surface area (Å²) in [6.45, 7) is 2.16. The molecule has 2 rings (SSSR count). The number of anilines is 1. The van der Waals surface area contributed by atoms with Crippen molar-refractivity contribution in [3.8, 4) is 0 Å². The molecule has 0 saturated heterocycles. The number of benzene rings is 1. The first kappa shape index (κ1) is 15.8. The first-order valence-corrected chi connectivity index (χ1v) is 9.13. The van der Waals surface area contributed by atoms with E-state index < -0.39 is 9.84 Å². The van der Waals surface area contributed by atoms with Crippen LogP contribution in [0.4, 0.5) is 10.5 Å². The molecule has 2 N–H and O–H groups in total. The number of nitrogens with one attached hydrogen (secondary N) is 2. The Morgan fingerprint density at radius 3 is 2.33 bits per heavy atom. The van der Waals surface area contributed by atoms with Gasteiger partial charge in [0, 0.05) is 18.0 Å². The lowest BCUT2D eigenvalue weighted by Gasteiger charge is -2.29. The summed E-state index contributed by atoms with van der Waals surface area (Å²) in [4.78, 5) is 12.2. The van der Waals surface area contributed by atoms with Crippen LogP contribution in [0.1, 0.15) is 32.6 Å². The standard InChI is InChI=1S/C15H22N2O3S/c1-11-5-3-4-6-14(11)17-15(18)16-12-7-9-13(10-8-12)21(2,19)20/h7-11,14H,3-6H2,1-2H3,(H2,16,17,18)/t11-,14+/m0/s1. The van der Waals surface area contributed by atoms with Crippen LogP contribution in [0.25, 0.3) is 0 Å². The van der Waals surface area contributed by atoms with Gasteiger partial charge in [-0.2, -0.15) is 0 Å². The van der Waals surface area contributed by atoms with Gasteiger partial charge in [-0.15, -0.1) is 0 Å². The number of amides is 2. The van der Waals surface area contributed by atoms with Crippen LogP contribution in [0.3, 0.4) is 0 Å². The molecule has 21 heavy (non-hydrogen) atoms. The molecule has 116 valence electrons. The van der Waals surface area contributed by atoms with Crippen LogP contribution in [-0.2, 0) is 9.84 Å². The van der Waals surface area contributed by atoms with Gasteiger partial charge in [-0.05, 0) is 43.0 Å². The summed E-state index contributed by atoms with van der Waals surface area (Å²) in [6, 6.07) is 6.16. The van der Waals surface area contributed by atoms with E-state index in [4.69, 9.17) is 0 Å². The Morgan fingerprint density at radius 2 is 1.76 bits per heavy atom. The average molecular weight is 310 g/mol. The maximum atomic E-state index is 12.0. The molecule has 1 aromatic rings. The lowest BCUT2D eigenvalue weighted by Crippen LogP contribution is -2.43. The van der Waals surface area contributed by atoms with Crippen molar-refractivity contribution < 1.29 is 13.2 Å². The SMILES string of the molecule is C[C@H]1CCCC[C@H]1NC(=O)Nc1ccc(S(C)(=O)=O)cc1. The molecule has 0 unspecified atom stereocenters. The fraction of sp³-hybridized carbons (Fsp3) is 0.533. The quantitative estimate of drug-likeness (QED) is 0.901. The van der Waals surface area contributed by atoms with Crippen LogP contribution in [-0.4, -0.2) is 26.7 Å². The number of carbonyl (C=O) groups is 1. The summed E-state index contributed by atoms with van der Waals surface area (Å²) in [7, 11) is -3.21. The molecule has 2 amide bonds. The van der Waals surface area contributed by atoms with Crippen molar-refractivity contribution in [1.29, 1.82) is 0 Å². The Bertz CT molecular complexity index is 596. The van der Waals surface area contributed by atoms with Crippen molar-refractivity contribution in [3.05, 3.63) is 24.3 Å². The van der Waals surface area contributed by atoms with Gasteiger partial charge in [-0.3, -0.25) is 0 Å². The predicted molar refractivity (Wildman–Crippen MR) is 83.1 cm³/mol. The second-order valence-electron chi connectivity index (χ2n) is 5.76. The number of carbonyl (C=O) groups excluding carboxylic acids is 1. The van der Waals surface area contributed by atoms with E-state index in [0.717, 1.165) is 25.5 Å². The normalized spacial score (nSPS) is 22.6. The summed E-state index contributed by atoms with van der Waals surface area (Å²) in [6.07, 6.45) is 5.70. The van der Waals surface area contributed by atoms with Crippen LogP contribution in [0.5, 0.6) is 0 Å². The minimum Gasteiger partial charge on any atom is -0.335 e. The highest BCUT2D eigenvalue weighted by molar-refractivity contribution is 7.90. The fourth-order valence-corrected chi connectivity index (χ4v) is 3.28. The Hall–Kier alpha value is -1.56. The monoisotopic (exact) mass is 310 g/mol. The fourth-order valence-electron chi connectivity index (χ4n) is 2.65. The summed E-state index contributed by atoms with van der Waals surface area (Å²) >= 11 is 0. The van der Waals surface area contributed by atoms with Gasteiger partial charge in [-0.1, -0.05) is 19.8 Å². The summed E-state index contributed by atoms with van der Waals surface area (Å²) in [5.74, 6) is 0.497. The molecule has 1 aliphatic rings. The van der Waals surface area contributed by atoms with E-state index in [1.165, 1.54) is 18.6 Å². The number of hydrogen-bond acceptors (Lipinski definition) is 3. The van der Waals surface area contributed by atoms with Crippen LogP contribution in [0.15, 0.2) is 29.2 Å². The van der Waals surface area contributed by atoms with E-state index in [-0.39, 0.29) is 17.0 Å². The zero-order chi connectivity index (χ0) is 15.5. The Labute approximate surface area is 126 Å². The van der Waals surface area contributed by atoms with Gasteiger partial charge < -0.3 is 10.6 Å². The minimum atomic E-state index is -3.21. The highest BCUT2D eigenvalue weighted by Crippen LogP contribution is 2.23. The van der Waals surface area contributed by atoms with Gasteiger partial charge in [0.15, 0.2) is 9.84 Å². The summed E-state index contributed by atoms with van der Waals surface area (Å²) < 4.78 is 22.7. The van der Waals surface area contributed by atoms with Crippen LogP contribution >= 0.6 is 0 Å². The maximum absolute atomic E-state index is 12.0. The Morgan fingerprint density at radius 1 is 1.14 bits per heavy atom. The molecule has 0 aromatic heterocycles. The second-order valence-corrected chi connectivity index (χ2v) is 7.78. The van der Waals surface area contributed by atoms with Crippen LogP contribution in [0, 0.1) is 5.92 Å². The van der Waals surface area contributed by atoms with Gasteiger partial charge >= 0.3 is 6.03 Å². The lowest BCUT2D eigenvalue weighted by molar-refractivity contribution is 0.232. The van der Waals surface area contributed by atoms with Gasteiger partial charge in [0.1, 0.15) is 0 Å². The van der Waals surface area contributed by atoms with Crippen LogP contribution in [0.2, 0.25) is 0 Å². The topological polar surface area (TPSA) is 75.3 Å². The van der Waals surface area contributed by atoms with Gasteiger partial charge in [-0.25, -0.2) is 13.2 Å². The van der Waals surface area contributed by atoms with Crippen molar-refractivity contribution in [1.82, 2.24) is 5.32 Å². The van der Waals surface area contributed by atoms with Crippen molar-refractivity contribution in [3.63, 3.8) is 0 Å². The number of rotatable bonds is 3. The molecule has 0 heterocycles. The minimum absolute atomic E-state index is 0.217. The van der Waals surface area contributed by atoms with E-state index >= 15 is 0 Å². The molecule has 0 aliphatic heterocycles. The van der Waals surface area contributed by atoms with Crippen molar-refractivity contribution >= 4 is 21.6 Å². The highest BCUT2D eigenvalue weighted by Gasteiger charge is 2.22. The van der Waals surface area contributed by atoms with Crippen molar-refractivity contribution in [2.75, 3.05) is 11.6 Å². The smallest absolute Gasteiger partial charge is 0.319 e. The third-order valence-electron chi connectivity index (χ3n) is 3.97. The zero-order valence-corrected chi connectivity index (χ0v) is 13.2. The molecule has 6 heteroatoms. The van der Waals surface area contributed by atoms with Crippen LogP contribution < -0.4 is 10.6 Å². The first-order valence-electron chi connectivity index (χ1n) is 7.24. The van der Waals surface area contributed by atoms with E-state index in [9.17, 15) is 13.2 Å². The molecule has 0 bridgehead atoms. The number of sulfone groups is 1. The third-order valence-corrected chi connectivity index (χ3v) is 5.10. The molecule has 1 aliphatic carbocycles. The summed E-state index contributed by atoms with van der Waals surface area (Å²) in [5, 5.41) is 5.74. The maximum Gasteiger partial charge on any atom is 0.319 e. The predicted octanol–water partition coefficient (Wildman–Crippen LogP) is 2.79. The molecule has 2 atom stereocenters. The molecule has 1 fully saturated rings.